The molecular formula is C9H10O5S. The average molecular weight is 230 g/mol. The third-order valence-electron chi connectivity index (χ3n) is 1.82. The molecule has 0 aromatic heterocycles. The highest BCUT2D eigenvalue weighted by Gasteiger charge is 2.14. The molecule has 1 aromatic carbocycles. The lowest BCUT2D eigenvalue weighted by molar-refractivity contribution is 0.101. The Labute approximate surface area is 87.4 Å². The Morgan fingerprint density at radius 2 is 1.93 bits per heavy atom. The van der Waals surface area contributed by atoms with Gasteiger partial charge in [0, 0.05) is 11.6 Å². The first-order valence-electron chi connectivity index (χ1n) is 4.02. The second-order valence-corrected chi connectivity index (χ2v) is 4.35. The minimum absolute atomic E-state index is 0.168. The van der Waals surface area contributed by atoms with Crippen LogP contribution >= 0.6 is 0 Å². The third kappa shape index (κ3) is 2.77. The minimum Gasteiger partial charge on any atom is -0.497 e. The van der Waals surface area contributed by atoms with Crippen LogP contribution in [0.1, 0.15) is 17.3 Å². The molecule has 0 saturated heterocycles. The second-order valence-electron chi connectivity index (χ2n) is 2.93. The van der Waals surface area contributed by atoms with Crippen molar-refractivity contribution in [2.24, 2.45) is 0 Å². The Balaban J connectivity index is 3.43. The van der Waals surface area contributed by atoms with Gasteiger partial charge in [-0.2, -0.15) is 8.42 Å². The van der Waals surface area contributed by atoms with Crippen molar-refractivity contribution in [3.8, 4) is 5.75 Å². The molecule has 0 radical (unpaired) electrons. The molecule has 0 unspecified atom stereocenters. The number of Topliss-reactive ketones (excluding diaryl/α,β-unsaturated/α-hetero) is 1. The summed E-state index contributed by atoms with van der Waals surface area (Å²) in [5.41, 5.74) is 0.168. The number of ketones is 1. The van der Waals surface area contributed by atoms with Gasteiger partial charge in [0.2, 0.25) is 0 Å². The summed E-state index contributed by atoms with van der Waals surface area (Å²) >= 11 is 0. The fourth-order valence-electron chi connectivity index (χ4n) is 1.04. The van der Waals surface area contributed by atoms with E-state index in [-0.39, 0.29) is 22.0 Å². The van der Waals surface area contributed by atoms with Crippen LogP contribution < -0.4 is 4.74 Å². The summed E-state index contributed by atoms with van der Waals surface area (Å²) in [6.07, 6.45) is 0. The molecule has 15 heavy (non-hydrogen) atoms. The van der Waals surface area contributed by atoms with Crippen LogP contribution in [0, 0.1) is 0 Å². The normalized spacial score (nSPS) is 11.1. The van der Waals surface area contributed by atoms with Crippen LogP contribution in [0.2, 0.25) is 0 Å². The molecule has 5 nitrogen and oxygen atoms in total. The molecule has 0 spiro atoms. The Morgan fingerprint density at radius 1 is 1.33 bits per heavy atom. The standard InChI is InChI=1S/C9H10O5S/c1-6(10)7-3-8(14-2)5-9(4-7)15(11,12)13/h3-5H,1-2H3,(H,11,12,13). The van der Waals surface area contributed by atoms with Gasteiger partial charge in [0.1, 0.15) is 5.75 Å². The van der Waals surface area contributed by atoms with Crippen molar-refractivity contribution < 1.29 is 22.5 Å². The molecular weight excluding hydrogens is 220 g/mol. The summed E-state index contributed by atoms with van der Waals surface area (Å²) < 4.78 is 35.4. The van der Waals surface area contributed by atoms with Crippen LogP contribution in [0.25, 0.3) is 0 Å². The molecule has 0 aliphatic carbocycles. The average Bonchev–Trinajstić information content (AvgIpc) is 2.15. The van der Waals surface area contributed by atoms with Gasteiger partial charge < -0.3 is 4.74 Å². The first kappa shape index (κ1) is 11.7. The fourth-order valence-corrected chi connectivity index (χ4v) is 1.58. The predicted molar refractivity (Wildman–Crippen MR) is 52.8 cm³/mol. The number of benzene rings is 1. The summed E-state index contributed by atoms with van der Waals surface area (Å²) in [7, 11) is -2.98. The third-order valence-corrected chi connectivity index (χ3v) is 2.65. The van der Waals surface area contributed by atoms with E-state index in [1.165, 1.54) is 20.1 Å². The fraction of sp³-hybridized carbons (Fsp3) is 0.222. The molecule has 1 rings (SSSR count). The lowest BCUT2D eigenvalue weighted by Gasteiger charge is -2.04. The summed E-state index contributed by atoms with van der Waals surface area (Å²) in [5, 5.41) is 0. The van der Waals surface area contributed by atoms with Crippen molar-refractivity contribution in [2.45, 2.75) is 11.8 Å². The van der Waals surface area contributed by atoms with Gasteiger partial charge >= 0.3 is 0 Å². The monoisotopic (exact) mass is 230 g/mol. The van der Waals surface area contributed by atoms with Gasteiger partial charge in [-0.05, 0) is 19.1 Å². The Hall–Kier alpha value is -1.40. The van der Waals surface area contributed by atoms with Gasteiger partial charge in [-0.3, -0.25) is 9.35 Å². The molecule has 1 aromatic rings. The number of methoxy groups -OCH3 is 1. The molecule has 82 valence electrons. The van der Waals surface area contributed by atoms with E-state index >= 15 is 0 Å². The minimum atomic E-state index is -4.32. The summed E-state index contributed by atoms with van der Waals surface area (Å²) in [6.45, 7) is 1.29. The summed E-state index contributed by atoms with van der Waals surface area (Å²) in [4.78, 5) is 10.7. The topological polar surface area (TPSA) is 80.7 Å². The first-order valence-corrected chi connectivity index (χ1v) is 5.46. The molecule has 0 amide bonds. The summed E-state index contributed by atoms with van der Waals surface area (Å²) in [5.74, 6) is -0.103. The van der Waals surface area contributed by atoms with E-state index in [1.807, 2.05) is 0 Å². The maximum atomic E-state index is 11.1. The van der Waals surface area contributed by atoms with Crippen molar-refractivity contribution >= 4 is 15.9 Å². The van der Waals surface area contributed by atoms with Crippen molar-refractivity contribution in [3.05, 3.63) is 23.8 Å². The van der Waals surface area contributed by atoms with E-state index in [0.717, 1.165) is 12.1 Å². The molecule has 0 aliphatic heterocycles. The smallest absolute Gasteiger partial charge is 0.294 e. The SMILES string of the molecule is COc1cc(C(C)=O)cc(S(=O)(=O)O)c1. The number of carbonyl (C=O) groups excluding carboxylic acids is 1. The predicted octanol–water partition coefficient (Wildman–Crippen LogP) is 1.14. The molecule has 0 fully saturated rings. The van der Waals surface area contributed by atoms with Crippen LogP contribution in [-0.4, -0.2) is 25.9 Å². The van der Waals surface area contributed by atoms with Crippen LogP contribution in [0.5, 0.6) is 5.75 Å². The van der Waals surface area contributed by atoms with Gasteiger partial charge in [0.25, 0.3) is 10.1 Å². The zero-order chi connectivity index (χ0) is 11.6. The number of carbonyl (C=O) groups is 1. The van der Waals surface area contributed by atoms with Gasteiger partial charge in [-0.1, -0.05) is 0 Å². The quantitative estimate of drug-likeness (QED) is 0.622. The van der Waals surface area contributed by atoms with Gasteiger partial charge in [0.05, 0.1) is 12.0 Å². The number of hydrogen-bond acceptors (Lipinski definition) is 4. The molecule has 0 bridgehead atoms. The van der Waals surface area contributed by atoms with E-state index in [1.54, 1.807) is 0 Å². The maximum absolute atomic E-state index is 11.1. The van der Waals surface area contributed by atoms with E-state index < -0.39 is 10.1 Å². The Kier molecular flexibility index (Phi) is 3.11. The van der Waals surface area contributed by atoms with E-state index in [4.69, 9.17) is 9.29 Å². The Bertz CT molecular complexity index is 489. The molecule has 1 N–H and O–H groups in total. The van der Waals surface area contributed by atoms with Crippen molar-refractivity contribution in [2.75, 3.05) is 7.11 Å². The van der Waals surface area contributed by atoms with Crippen LogP contribution in [0.15, 0.2) is 23.1 Å². The highest BCUT2D eigenvalue weighted by molar-refractivity contribution is 7.85. The number of rotatable bonds is 3. The second kappa shape index (κ2) is 4.00. The molecule has 6 heteroatoms. The van der Waals surface area contributed by atoms with Crippen molar-refractivity contribution in [3.63, 3.8) is 0 Å². The number of hydrogen-bond donors (Lipinski definition) is 1. The van der Waals surface area contributed by atoms with Gasteiger partial charge in [-0.25, -0.2) is 0 Å². The van der Waals surface area contributed by atoms with Gasteiger partial charge in [-0.15, -0.1) is 0 Å². The lowest BCUT2D eigenvalue weighted by Crippen LogP contribution is -2.02. The van der Waals surface area contributed by atoms with Crippen molar-refractivity contribution in [1.82, 2.24) is 0 Å². The molecule has 0 heterocycles. The maximum Gasteiger partial charge on any atom is 0.294 e. The van der Waals surface area contributed by atoms with Crippen LogP contribution in [-0.2, 0) is 10.1 Å². The largest absolute Gasteiger partial charge is 0.497 e. The zero-order valence-corrected chi connectivity index (χ0v) is 9.04. The highest BCUT2D eigenvalue weighted by Crippen LogP contribution is 2.20. The van der Waals surface area contributed by atoms with Crippen LogP contribution in [0.4, 0.5) is 0 Å². The van der Waals surface area contributed by atoms with E-state index in [2.05, 4.69) is 0 Å². The van der Waals surface area contributed by atoms with Crippen LogP contribution in [0.3, 0.4) is 0 Å². The van der Waals surface area contributed by atoms with Gasteiger partial charge in [0.15, 0.2) is 5.78 Å². The van der Waals surface area contributed by atoms with E-state index in [9.17, 15) is 13.2 Å². The molecule has 0 atom stereocenters. The molecule has 0 aliphatic rings. The zero-order valence-electron chi connectivity index (χ0n) is 8.22. The lowest BCUT2D eigenvalue weighted by atomic mass is 10.1. The van der Waals surface area contributed by atoms with E-state index in [0.29, 0.717) is 0 Å². The summed E-state index contributed by atoms with van der Waals surface area (Å²) in [6, 6.07) is 3.64. The molecule has 0 saturated carbocycles. The first-order chi connectivity index (χ1) is 6.84. The Morgan fingerprint density at radius 3 is 2.33 bits per heavy atom. The van der Waals surface area contributed by atoms with Crippen molar-refractivity contribution in [1.29, 1.82) is 0 Å². The number of ether oxygens (including phenoxy) is 1. The highest BCUT2D eigenvalue weighted by atomic mass is 32.2.